The molecule has 0 fully saturated rings. The lowest BCUT2D eigenvalue weighted by molar-refractivity contribution is -0.121. The standard InChI is InChI=1S/C17H16F3N3O2/c1-10(12-4-7-14(19)15(20)9-12)21-17(25)23-22-16(24)8-11-2-5-13(18)6-3-11/h2-7,9-10H,8H2,1H3,(H,22,24)(H2,21,23,25). The van der Waals surface area contributed by atoms with Crippen LogP contribution in [-0.2, 0) is 11.2 Å². The average Bonchev–Trinajstić information content (AvgIpc) is 2.57. The summed E-state index contributed by atoms with van der Waals surface area (Å²) >= 11 is 0. The number of halogens is 3. The molecule has 0 aliphatic heterocycles. The van der Waals surface area contributed by atoms with Crippen molar-refractivity contribution in [3.8, 4) is 0 Å². The molecule has 1 unspecified atom stereocenters. The van der Waals surface area contributed by atoms with Crippen LogP contribution in [0.4, 0.5) is 18.0 Å². The summed E-state index contributed by atoms with van der Waals surface area (Å²) in [5.41, 5.74) is 5.29. The molecular weight excluding hydrogens is 335 g/mol. The third-order valence-corrected chi connectivity index (χ3v) is 3.38. The highest BCUT2D eigenvalue weighted by molar-refractivity contribution is 5.82. The first-order chi connectivity index (χ1) is 11.8. The van der Waals surface area contributed by atoms with Crippen LogP contribution in [0.2, 0.25) is 0 Å². The van der Waals surface area contributed by atoms with E-state index >= 15 is 0 Å². The monoisotopic (exact) mass is 351 g/mol. The quantitative estimate of drug-likeness (QED) is 0.742. The third-order valence-electron chi connectivity index (χ3n) is 3.38. The highest BCUT2D eigenvalue weighted by Gasteiger charge is 2.12. The Morgan fingerprint density at radius 3 is 2.28 bits per heavy atom. The van der Waals surface area contributed by atoms with Gasteiger partial charge in [-0.05, 0) is 42.3 Å². The lowest BCUT2D eigenvalue weighted by Crippen LogP contribution is -2.48. The zero-order valence-electron chi connectivity index (χ0n) is 13.3. The van der Waals surface area contributed by atoms with E-state index in [4.69, 9.17) is 0 Å². The second-order valence-electron chi connectivity index (χ2n) is 5.35. The summed E-state index contributed by atoms with van der Waals surface area (Å²) < 4.78 is 38.8. The van der Waals surface area contributed by atoms with Crippen molar-refractivity contribution < 1.29 is 22.8 Å². The molecule has 0 saturated carbocycles. The summed E-state index contributed by atoms with van der Waals surface area (Å²) in [6.45, 7) is 1.58. The molecular formula is C17H16F3N3O2. The number of hydrogen-bond donors (Lipinski definition) is 3. The van der Waals surface area contributed by atoms with Crippen LogP contribution in [0.3, 0.4) is 0 Å². The van der Waals surface area contributed by atoms with Gasteiger partial charge in [-0.2, -0.15) is 0 Å². The zero-order valence-corrected chi connectivity index (χ0v) is 13.3. The lowest BCUT2D eigenvalue weighted by Gasteiger charge is -2.15. The van der Waals surface area contributed by atoms with Crippen LogP contribution >= 0.6 is 0 Å². The molecule has 0 spiro atoms. The van der Waals surface area contributed by atoms with Crippen molar-refractivity contribution in [2.45, 2.75) is 19.4 Å². The minimum absolute atomic E-state index is 0.0424. The van der Waals surface area contributed by atoms with Gasteiger partial charge in [-0.15, -0.1) is 0 Å². The van der Waals surface area contributed by atoms with E-state index in [1.54, 1.807) is 6.92 Å². The molecule has 2 aromatic carbocycles. The first kappa shape index (κ1) is 18.3. The summed E-state index contributed by atoms with van der Waals surface area (Å²) in [6, 6.07) is 7.34. The fourth-order valence-electron chi connectivity index (χ4n) is 2.06. The molecule has 3 amide bonds. The molecule has 0 saturated heterocycles. The molecule has 25 heavy (non-hydrogen) atoms. The molecule has 5 nitrogen and oxygen atoms in total. The maximum atomic E-state index is 13.2. The van der Waals surface area contributed by atoms with E-state index in [-0.39, 0.29) is 6.42 Å². The maximum Gasteiger partial charge on any atom is 0.333 e. The summed E-state index contributed by atoms with van der Waals surface area (Å²) in [5.74, 6) is -2.90. The van der Waals surface area contributed by atoms with Gasteiger partial charge in [0.25, 0.3) is 0 Å². The molecule has 132 valence electrons. The van der Waals surface area contributed by atoms with Crippen molar-refractivity contribution >= 4 is 11.9 Å². The Balaban J connectivity index is 1.80. The molecule has 0 heterocycles. The van der Waals surface area contributed by atoms with Crippen molar-refractivity contribution in [2.24, 2.45) is 0 Å². The number of nitrogens with one attached hydrogen (secondary N) is 3. The summed E-state index contributed by atoms with van der Waals surface area (Å²) in [7, 11) is 0. The van der Waals surface area contributed by atoms with Crippen LogP contribution < -0.4 is 16.2 Å². The Morgan fingerprint density at radius 2 is 1.64 bits per heavy atom. The van der Waals surface area contributed by atoms with Gasteiger partial charge >= 0.3 is 6.03 Å². The summed E-state index contributed by atoms with van der Waals surface area (Å²) in [6.07, 6.45) is -0.0424. The average molecular weight is 351 g/mol. The minimum Gasteiger partial charge on any atom is -0.330 e. The van der Waals surface area contributed by atoms with Crippen LogP contribution in [0.1, 0.15) is 24.1 Å². The number of hydrazine groups is 1. The number of carbonyl (C=O) groups excluding carboxylic acids is 2. The molecule has 8 heteroatoms. The Labute approximate surface area is 142 Å². The van der Waals surface area contributed by atoms with Gasteiger partial charge in [0.1, 0.15) is 5.82 Å². The fourth-order valence-corrected chi connectivity index (χ4v) is 2.06. The van der Waals surface area contributed by atoms with Gasteiger partial charge in [0.15, 0.2) is 11.6 Å². The normalized spacial score (nSPS) is 11.5. The van der Waals surface area contributed by atoms with Crippen molar-refractivity contribution in [2.75, 3.05) is 0 Å². The number of hydrogen-bond acceptors (Lipinski definition) is 2. The van der Waals surface area contributed by atoms with Crippen LogP contribution in [0.15, 0.2) is 42.5 Å². The molecule has 2 aromatic rings. The maximum absolute atomic E-state index is 13.2. The largest absolute Gasteiger partial charge is 0.333 e. The molecule has 0 bridgehead atoms. The molecule has 1 atom stereocenters. The SMILES string of the molecule is CC(NC(=O)NNC(=O)Cc1ccc(F)cc1)c1ccc(F)c(F)c1. The van der Waals surface area contributed by atoms with E-state index in [9.17, 15) is 22.8 Å². The fraction of sp³-hybridized carbons (Fsp3) is 0.176. The van der Waals surface area contributed by atoms with Gasteiger partial charge in [-0.1, -0.05) is 18.2 Å². The van der Waals surface area contributed by atoms with Gasteiger partial charge in [0.2, 0.25) is 5.91 Å². The lowest BCUT2D eigenvalue weighted by atomic mass is 10.1. The highest BCUT2D eigenvalue weighted by atomic mass is 19.2. The van der Waals surface area contributed by atoms with Gasteiger partial charge in [0.05, 0.1) is 12.5 Å². The second kappa shape index (κ2) is 8.18. The Hall–Kier alpha value is -3.03. The van der Waals surface area contributed by atoms with Gasteiger partial charge in [-0.25, -0.2) is 23.4 Å². The molecule has 0 aromatic heterocycles. The molecule has 2 rings (SSSR count). The molecule has 0 aliphatic carbocycles. The van der Waals surface area contributed by atoms with Gasteiger partial charge < -0.3 is 5.32 Å². The molecule has 0 aliphatic rings. The predicted octanol–water partition coefficient (Wildman–Crippen LogP) is 2.74. The van der Waals surface area contributed by atoms with E-state index < -0.39 is 35.4 Å². The topological polar surface area (TPSA) is 70.2 Å². The predicted molar refractivity (Wildman–Crippen MR) is 84.7 cm³/mol. The third kappa shape index (κ3) is 5.52. The minimum atomic E-state index is -1.01. The summed E-state index contributed by atoms with van der Waals surface area (Å²) in [4.78, 5) is 23.4. The Morgan fingerprint density at radius 1 is 0.960 bits per heavy atom. The van der Waals surface area contributed by atoms with Crippen LogP contribution in [-0.4, -0.2) is 11.9 Å². The van der Waals surface area contributed by atoms with Crippen molar-refractivity contribution in [3.63, 3.8) is 0 Å². The van der Waals surface area contributed by atoms with Gasteiger partial charge in [-0.3, -0.25) is 10.2 Å². The number of benzene rings is 2. The molecule has 3 N–H and O–H groups in total. The number of amides is 3. The number of carbonyl (C=O) groups is 2. The van der Waals surface area contributed by atoms with Crippen LogP contribution in [0.25, 0.3) is 0 Å². The van der Waals surface area contributed by atoms with E-state index in [0.29, 0.717) is 11.1 Å². The zero-order chi connectivity index (χ0) is 18.4. The first-order valence-electron chi connectivity index (χ1n) is 7.40. The highest BCUT2D eigenvalue weighted by Crippen LogP contribution is 2.15. The molecule has 0 radical (unpaired) electrons. The van der Waals surface area contributed by atoms with Crippen LogP contribution in [0.5, 0.6) is 0 Å². The van der Waals surface area contributed by atoms with Gasteiger partial charge in [0, 0.05) is 0 Å². The van der Waals surface area contributed by atoms with Crippen molar-refractivity contribution in [3.05, 3.63) is 71.0 Å². The second-order valence-corrected chi connectivity index (χ2v) is 5.35. The van der Waals surface area contributed by atoms with E-state index in [1.807, 2.05) is 0 Å². The number of urea groups is 1. The van der Waals surface area contributed by atoms with Crippen molar-refractivity contribution in [1.82, 2.24) is 16.2 Å². The summed E-state index contributed by atoms with van der Waals surface area (Å²) in [5, 5.41) is 2.47. The van der Waals surface area contributed by atoms with Crippen LogP contribution in [0, 0.1) is 17.5 Å². The first-order valence-corrected chi connectivity index (χ1v) is 7.40. The Bertz CT molecular complexity index is 766. The van der Waals surface area contributed by atoms with E-state index in [1.165, 1.54) is 30.3 Å². The van der Waals surface area contributed by atoms with Crippen molar-refractivity contribution in [1.29, 1.82) is 0 Å². The smallest absolute Gasteiger partial charge is 0.330 e. The Kier molecular flexibility index (Phi) is 5.99. The van der Waals surface area contributed by atoms with E-state index in [2.05, 4.69) is 16.2 Å². The van der Waals surface area contributed by atoms with E-state index in [0.717, 1.165) is 12.1 Å². The number of rotatable bonds is 4.